The number of para-hydroxylation sites is 1. The highest BCUT2D eigenvalue weighted by Crippen LogP contribution is 2.25. The van der Waals surface area contributed by atoms with Crippen LogP contribution in [0.3, 0.4) is 0 Å². The second-order valence-electron chi connectivity index (χ2n) is 4.22. The first kappa shape index (κ1) is 12.1. The third-order valence-electron chi connectivity index (χ3n) is 2.92. The maximum atomic E-state index is 11.8. The summed E-state index contributed by atoms with van der Waals surface area (Å²) in [5.41, 5.74) is 6.20. The molecule has 92 valence electrons. The van der Waals surface area contributed by atoms with E-state index < -0.39 is 11.4 Å². The number of aromatic nitrogens is 1. The van der Waals surface area contributed by atoms with Gasteiger partial charge in [0, 0.05) is 18.1 Å². The van der Waals surface area contributed by atoms with E-state index in [9.17, 15) is 4.79 Å². The van der Waals surface area contributed by atoms with Crippen LogP contribution in [0.15, 0.2) is 54.9 Å². The smallest absolute Gasteiger partial charge is 0.247 e. The van der Waals surface area contributed by atoms with Crippen molar-refractivity contribution >= 4 is 11.6 Å². The van der Waals surface area contributed by atoms with Gasteiger partial charge in [0.1, 0.15) is 5.54 Å². The first-order chi connectivity index (χ1) is 8.63. The lowest BCUT2D eigenvalue weighted by atomic mass is 9.91. The van der Waals surface area contributed by atoms with Crippen LogP contribution in [0.1, 0.15) is 12.5 Å². The maximum Gasteiger partial charge on any atom is 0.247 e. The number of hydrogen-bond acceptors (Lipinski definition) is 3. The normalized spacial score (nSPS) is 13.6. The fraction of sp³-hybridized carbons (Fsp3) is 0.143. The number of nitrogens with zero attached hydrogens (tertiary/aromatic N) is 1. The molecule has 0 fully saturated rings. The first-order valence-electron chi connectivity index (χ1n) is 5.66. The molecule has 0 saturated heterocycles. The van der Waals surface area contributed by atoms with Crippen LogP contribution in [-0.2, 0) is 10.3 Å². The molecule has 2 aromatic rings. The van der Waals surface area contributed by atoms with Gasteiger partial charge >= 0.3 is 0 Å². The van der Waals surface area contributed by atoms with E-state index in [0.29, 0.717) is 0 Å². The summed E-state index contributed by atoms with van der Waals surface area (Å²) in [7, 11) is 0. The molecule has 4 nitrogen and oxygen atoms in total. The minimum atomic E-state index is -0.954. The van der Waals surface area contributed by atoms with E-state index in [1.165, 1.54) is 0 Å². The molecule has 1 amide bonds. The van der Waals surface area contributed by atoms with Crippen molar-refractivity contribution in [3.63, 3.8) is 0 Å². The van der Waals surface area contributed by atoms with Crippen molar-refractivity contribution in [2.75, 3.05) is 5.32 Å². The molecule has 0 bridgehead atoms. The van der Waals surface area contributed by atoms with E-state index in [1.54, 1.807) is 31.5 Å². The Hall–Kier alpha value is -2.36. The van der Waals surface area contributed by atoms with Crippen molar-refractivity contribution in [1.29, 1.82) is 0 Å². The van der Waals surface area contributed by atoms with Crippen LogP contribution in [-0.4, -0.2) is 10.9 Å². The van der Waals surface area contributed by atoms with E-state index in [4.69, 9.17) is 5.73 Å². The van der Waals surface area contributed by atoms with Crippen LogP contribution in [0.4, 0.5) is 5.69 Å². The molecular weight excluding hydrogens is 226 g/mol. The predicted molar refractivity (Wildman–Crippen MR) is 70.8 cm³/mol. The second-order valence-corrected chi connectivity index (χ2v) is 4.22. The molecule has 0 spiro atoms. The van der Waals surface area contributed by atoms with Crippen molar-refractivity contribution in [3.05, 3.63) is 60.4 Å². The Balaban J connectivity index is 2.37. The molecule has 1 aromatic carbocycles. The lowest BCUT2D eigenvalue weighted by molar-refractivity contribution is -0.122. The Kier molecular flexibility index (Phi) is 3.28. The van der Waals surface area contributed by atoms with Gasteiger partial charge in [-0.2, -0.15) is 0 Å². The van der Waals surface area contributed by atoms with Crippen LogP contribution in [0, 0.1) is 0 Å². The Bertz CT molecular complexity index is 527. The van der Waals surface area contributed by atoms with E-state index in [-0.39, 0.29) is 0 Å². The number of pyridine rings is 1. The third kappa shape index (κ3) is 2.32. The molecule has 0 radical (unpaired) electrons. The van der Waals surface area contributed by atoms with Crippen LogP contribution >= 0.6 is 0 Å². The van der Waals surface area contributed by atoms with E-state index >= 15 is 0 Å². The number of primary amides is 1. The number of nitrogens with one attached hydrogen (secondary N) is 1. The van der Waals surface area contributed by atoms with Crippen molar-refractivity contribution in [1.82, 2.24) is 4.98 Å². The predicted octanol–water partition coefficient (Wildman–Crippen LogP) is 1.89. The second kappa shape index (κ2) is 4.87. The molecule has 1 atom stereocenters. The zero-order chi connectivity index (χ0) is 13.0. The molecule has 18 heavy (non-hydrogen) atoms. The average Bonchev–Trinajstić information content (AvgIpc) is 2.40. The lowest BCUT2D eigenvalue weighted by Crippen LogP contribution is -2.45. The quantitative estimate of drug-likeness (QED) is 0.859. The van der Waals surface area contributed by atoms with E-state index in [0.717, 1.165) is 11.3 Å². The fourth-order valence-corrected chi connectivity index (χ4v) is 1.77. The lowest BCUT2D eigenvalue weighted by Gasteiger charge is -2.29. The molecule has 0 aliphatic heterocycles. The Morgan fingerprint density at radius 3 is 2.33 bits per heavy atom. The monoisotopic (exact) mass is 241 g/mol. The van der Waals surface area contributed by atoms with Crippen molar-refractivity contribution in [2.24, 2.45) is 5.73 Å². The van der Waals surface area contributed by atoms with Crippen molar-refractivity contribution < 1.29 is 4.79 Å². The molecule has 2 rings (SSSR count). The molecule has 1 unspecified atom stereocenters. The highest BCUT2D eigenvalue weighted by Gasteiger charge is 2.32. The summed E-state index contributed by atoms with van der Waals surface area (Å²) in [6.07, 6.45) is 3.28. The summed E-state index contributed by atoms with van der Waals surface area (Å²) in [4.78, 5) is 15.7. The minimum absolute atomic E-state index is 0.433. The Morgan fingerprint density at radius 1 is 1.17 bits per heavy atom. The van der Waals surface area contributed by atoms with Gasteiger partial charge in [-0.1, -0.05) is 18.2 Å². The molecule has 1 aromatic heterocycles. The largest absolute Gasteiger partial charge is 0.368 e. The number of carbonyl (C=O) groups is 1. The van der Waals surface area contributed by atoms with Gasteiger partial charge in [0.2, 0.25) is 5.91 Å². The van der Waals surface area contributed by atoms with Crippen LogP contribution in [0.5, 0.6) is 0 Å². The van der Waals surface area contributed by atoms with Gasteiger partial charge in [0.25, 0.3) is 0 Å². The fourth-order valence-electron chi connectivity index (χ4n) is 1.77. The molecular formula is C14H15N3O. The van der Waals surface area contributed by atoms with Gasteiger partial charge in [0.15, 0.2) is 0 Å². The van der Waals surface area contributed by atoms with Gasteiger partial charge in [-0.3, -0.25) is 9.78 Å². The maximum absolute atomic E-state index is 11.8. The zero-order valence-corrected chi connectivity index (χ0v) is 10.1. The standard InChI is InChI=1S/C14H15N3O/c1-14(13(15)18,11-7-9-16-10-8-11)17-12-5-3-2-4-6-12/h2-10,17H,1H3,(H2,15,18). The number of carbonyl (C=O) groups excluding carboxylic acids is 1. The SMILES string of the molecule is CC(Nc1ccccc1)(C(N)=O)c1ccncc1. The van der Waals surface area contributed by atoms with Crippen LogP contribution in [0.2, 0.25) is 0 Å². The molecule has 0 aliphatic rings. The molecule has 0 saturated carbocycles. The first-order valence-corrected chi connectivity index (χ1v) is 5.66. The Labute approximate surface area is 106 Å². The summed E-state index contributed by atoms with van der Waals surface area (Å²) >= 11 is 0. The van der Waals surface area contributed by atoms with Crippen LogP contribution < -0.4 is 11.1 Å². The number of hydrogen-bond donors (Lipinski definition) is 2. The van der Waals surface area contributed by atoms with Gasteiger partial charge in [-0.15, -0.1) is 0 Å². The number of nitrogens with two attached hydrogens (primary N) is 1. The van der Waals surface area contributed by atoms with Gasteiger partial charge < -0.3 is 11.1 Å². The molecule has 4 heteroatoms. The Morgan fingerprint density at radius 2 is 1.78 bits per heavy atom. The highest BCUT2D eigenvalue weighted by molar-refractivity contribution is 5.88. The summed E-state index contributed by atoms with van der Waals surface area (Å²) in [6, 6.07) is 13.1. The van der Waals surface area contributed by atoms with Crippen molar-refractivity contribution in [2.45, 2.75) is 12.5 Å². The highest BCUT2D eigenvalue weighted by atomic mass is 16.1. The van der Waals surface area contributed by atoms with Gasteiger partial charge in [0.05, 0.1) is 0 Å². The van der Waals surface area contributed by atoms with Gasteiger partial charge in [-0.25, -0.2) is 0 Å². The molecule has 3 N–H and O–H groups in total. The summed E-state index contributed by atoms with van der Waals surface area (Å²) < 4.78 is 0. The number of amides is 1. The van der Waals surface area contributed by atoms with Crippen molar-refractivity contribution in [3.8, 4) is 0 Å². The minimum Gasteiger partial charge on any atom is -0.368 e. The number of rotatable bonds is 4. The number of anilines is 1. The summed E-state index contributed by atoms with van der Waals surface area (Å²) in [5, 5.41) is 3.17. The summed E-state index contributed by atoms with van der Waals surface area (Å²) in [5.74, 6) is -0.433. The molecule has 1 heterocycles. The summed E-state index contributed by atoms with van der Waals surface area (Å²) in [6.45, 7) is 1.76. The number of benzene rings is 1. The third-order valence-corrected chi connectivity index (χ3v) is 2.92. The van der Waals surface area contributed by atoms with E-state index in [2.05, 4.69) is 10.3 Å². The zero-order valence-electron chi connectivity index (χ0n) is 10.1. The topological polar surface area (TPSA) is 68.0 Å². The average molecular weight is 241 g/mol. The molecule has 0 aliphatic carbocycles. The van der Waals surface area contributed by atoms with E-state index in [1.807, 2.05) is 30.3 Å². The van der Waals surface area contributed by atoms with Crippen LogP contribution in [0.25, 0.3) is 0 Å². The van der Waals surface area contributed by atoms with Gasteiger partial charge in [-0.05, 0) is 36.8 Å².